The van der Waals surface area contributed by atoms with Gasteiger partial charge in [-0.25, -0.2) is 14.1 Å². The summed E-state index contributed by atoms with van der Waals surface area (Å²) in [5.41, 5.74) is 1.50. The number of ether oxygens (including phenoxy) is 2. The quantitative estimate of drug-likeness (QED) is 0.549. The maximum atomic E-state index is 13.1. The first-order valence-electron chi connectivity index (χ1n) is 9.28. The molecule has 7 nitrogen and oxygen atoms in total. The summed E-state index contributed by atoms with van der Waals surface area (Å²) >= 11 is 0. The van der Waals surface area contributed by atoms with Crippen LogP contribution in [-0.4, -0.2) is 19.0 Å². The van der Waals surface area contributed by atoms with Crippen LogP contribution >= 0.6 is 0 Å². The van der Waals surface area contributed by atoms with Crippen molar-refractivity contribution in [3.8, 4) is 11.5 Å². The first-order valence-corrected chi connectivity index (χ1v) is 9.28. The molecule has 2 aromatic rings. The van der Waals surface area contributed by atoms with Gasteiger partial charge >= 0.3 is 6.09 Å². The van der Waals surface area contributed by atoms with Gasteiger partial charge in [-0.15, -0.1) is 0 Å². The topological polar surface area (TPSA) is 76.4 Å². The number of allylic oxidation sites excluding steroid dienone is 2. The molecule has 0 saturated carbocycles. The highest BCUT2D eigenvalue weighted by molar-refractivity contribution is 5.97. The lowest BCUT2D eigenvalue weighted by Crippen LogP contribution is -3.10. The second-order valence-corrected chi connectivity index (χ2v) is 6.54. The molecule has 2 heterocycles. The Morgan fingerprint density at radius 1 is 1.06 bits per heavy atom. The molecule has 1 atom stereocenters. The van der Waals surface area contributed by atoms with Crippen LogP contribution in [0.3, 0.4) is 0 Å². The zero-order chi connectivity index (χ0) is 20.9. The van der Waals surface area contributed by atoms with Crippen LogP contribution in [-0.2, 0) is 6.54 Å². The molecule has 2 aromatic carbocycles. The number of carbonyl (C=O) groups is 1. The van der Waals surface area contributed by atoms with E-state index in [4.69, 9.17) is 9.47 Å². The number of benzene rings is 2. The molecule has 0 aromatic heterocycles. The van der Waals surface area contributed by atoms with Gasteiger partial charge < -0.3 is 27.2 Å². The van der Waals surface area contributed by atoms with E-state index in [1.807, 2.05) is 12.3 Å². The molecule has 1 amide bonds. The summed E-state index contributed by atoms with van der Waals surface area (Å²) in [5.74, 6) is 2.32. The minimum atomic E-state index is -0.614. The predicted octanol–water partition coefficient (Wildman–Crippen LogP) is -0.776. The number of carbonyl (C=O) groups excluding carboxylic acids is 1. The smallest absolute Gasteiger partial charge is 0.417 e. The van der Waals surface area contributed by atoms with E-state index in [1.54, 1.807) is 55.8 Å². The number of fused-ring (bicyclic) bond motifs is 1. The molecule has 3 N–H and O–H groups in total. The second kappa shape index (κ2) is 9.92. The van der Waals surface area contributed by atoms with Crippen LogP contribution in [0.25, 0.3) is 0 Å². The zero-order valence-electron chi connectivity index (χ0n) is 16.6. The molecule has 0 spiro atoms. The van der Waals surface area contributed by atoms with Crippen LogP contribution in [0.5, 0.6) is 11.5 Å². The van der Waals surface area contributed by atoms with Gasteiger partial charge in [0, 0.05) is 12.6 Å². The number of aliphatic imine (C=N–C) groups is 1. The van der Waals surface area contributed by atoms with E-state index in [1.165, 1.54) is 12.1 Å². The molecule has 0 saturated heterocycles. The lowest BCUT2D eigenvalue weighted by Gasteiger charge is -2.21. The molecule has 1 unspecified atom stereocenters. The highest BCUT2D eigenvalue weighted by Gasteiger charge is 2.31. The van der Waals surface area contributed by atoms with Crippen molar-refractivity contribution < 1.29 is 36.0 Å². The molecule has 0 radical (unpaired) electrons. The van der Waals surface area contributed by atoms with Crippen LogP contribution in [0.1, 0.15) is 5.56 Å². The van der Waals surface area contributed by atoms with Gasteiger partial charge in [0.2, 0.25) is 5.82 Å². The molecule has 0 fully saturated rings. The highest BCUT2D eigenvalue weighted by atomic mass is 35.5. The molecule has 4 rings (SSSR count). The van der Waals surface area contributed by atoms with Crippen LogP contribution in [0.15, 0.2) is 89.6 Å². The van der Waals surface area contributed by atoms with Gasteiger partial charge in [-0.3, -0.25) is 5.32 Å². The average molecular weight is 443 g/mol. The first kappa shape index (κ1) is 22.1. The summed E-state index contributed by atoms with van der Waals surface area (Å²) in [5, 5.41) is 6.05. The molecule has 2 aliphatic rings. The first-order chi connectivity index (χ1) is 14.6. The third kappa shape index (κ3) is 5.30. The summed E-state index contributed by atoms with van der Waals surface area (Å²) in [6.45, 7) is 0.535. The predicted molar refractivity (Wildman–Crippen MR) is 109 cm³/mol. The van der Waals surface area contributed by atoms with Gasteiger partial charge in [-0.05, 0) is 48.0 Å². The number of amidine groups is 1. The number of methoxy groups -OCH3 is 1. The summed E-state index contributed by atoms with van der Waals surface area (Å²) in [7, 11) is 1.57. The number of rotatable bonds is 6. The number of quaternary nitrogens is 1. The lowest BCUT2D eigenvalue weighted by atomic mass is 10.2. The van der Waals surface area contributed by atoms with E-state index in [0.29, 0.717) is 29.6 Å². The standard InChI is InChI=1S/C22H19FN4O3.ClH/c1-29-17-6-8-18(9-7-17)30-22(28)26-19-10-11-20(27-13-12-24-21(19)27)25-14-15-2-4-16(23)5-3-15;/h2-13,25H,14H2,1H3,(H,26,28);1H. The minimum Gasteiger partial charge on any atom is -1.00 e. The van der Waals surface area contributed by atoms with Crippen LogP contribution in [0.4, 0.5) is 9.18 Å². The number of amides is 1. The third-order valence-electron chi connectivity index (χ3n) is 4.56. The molecular formula is C22H20ClFN4O3. The monoisotopic (exact) mass is 442 g/mol. The van der Waals surface area contributed by atoms with E-state index < -0.39 is 6.09 Å². The Hall–Kier alpha value is -3.62. The summed E-state index contributed by atoms with van der Waals surface area (Å²) in [6, 6.07) is 13.0. The fourth-order valence-electron chi connectivity index (χ4n) is 3.04. The van der Waals surface area contributed by atoms with Gasteiger partial charge in [-0.1, -0.05) is 12.1 Å². The van der Waals surface area contributed by atoms with Crippen LogP contribution < -0.4 is 37.4 Å². The van der Waals surface area contributed by atoms with Crippen molar-refractivity contribution in [2.75, 3.05) is 7.11 Å². The molecule has 0 bridgehead atoms. The summed E-state index contributed by atoms with van der Waals surface area (Å²) < 4.78 is 23.5. The zero-order valence-corrected chi connectivity index (χ0v) is 17.3. The van der Waals surface area contributed by atoms with Crippen LogP contribution in [0.2, 0.25) is 0 Å². The Morgan fingerprint density at radius 3 is 2.48 bits per heavy atom. The number of hydrogen-bond acceptors (Lipinski definition) is 5. The average Bonchev–Trinajstić information content (AvgIpc) is 3.25. The Morgan fingerprint density at radius 2 is 1.77 bits per heavy atom. The number of nitrogens with zero attached hydrogens (tertiary/aromatic N) is 1. The second-order valence-electron chi connectivity index (χ2n) is 6.54. The van der Waals surface area contributed by atoms with E-state index in [9.17, 15) is 9.18 Å². The van der Waals surface area contributed by atoms with E-state index >= 15 is 0 Å². The summed E-state index contributed by atoms with van der Waals surface area (Å²) in [6.07, 6.45) is 6.54. The molecule has 160 valence electrons. The van der Waals surface area contributed by atoms with E-state index in [-0.39, 0.29) is 18.2 Å². The van der Waals surface area contributed by atoms with Gasteiger partial charge in [0.1, 0.15) is 29.2 Å². The normalized spacial score (nSPS) is 16.2. The lowest BCUT2D eigenvalue weighted by molar-refractivity contribution is -0.702. The van der Waals surface area contributed by atoms with Gasteiger partial charge in [0.05, 0.1) is 13.3 Å². The summed E-state index contributed by atoms with van der Waals surface area (Å²) in [4.78, 5) is 17.5. The van der Waals surface area contributed by atoms with Gasteiger partial charge in [0.15, 0.2) is 0 Å². The fourth-order valence-corrected chi connectivity index (χ4v) is 3.04. The Balaban J connectivity index is 0.00000272. The maximum Gasteiger partial charge on any atom is 0.417 e. The highest BCUT2D eigenvalue weighted by Crippen LogP contribution is 2.17. The Labute approximate surface area is 185 Å². The number of nitrogens with one attached hydrogen (secondary N) is 3. The van der Waals surface area contributed by atoms with Crippen molar-refractivity contribution in [1.82, 2.24) is 10.6 Å². The SMILES string of the molecule is COc1ccc(OC(=O)NC2=CC=C(NCc3ccc(F)cc3)[NH+]3C=CN=C23)cc1.[Cl-]. The molecule has 2 aliphatic heterocycles. The Kier molecular flexibility index (Phi) is 7.07. The Bertz CT molecular complexity index is 1060. The van der Waals surface area contributed by atoms with Crippen molar-refractivity contribution >= 4 is 11.9 Å². The van der Waals surface area contributed by atoms with Crippen LogP contribution in [0, 0.1) is 5.82 Å². The van der Waals surface area contributed by atoms with Crippen molar-refractivity contribution in [3.63, 3.8) is 0 Å². The van der Waals surface area contributed by atoms with Gasteiger partial charge in [0.25, 0.3) is 5.84 Å². The van der Waals surface area contributed by atoms with Crippen molar-refractivity contribution in [3.05, 3.63) is 96.0 Å². The van der Waals surface area contributed by atoms with Crippen molar-refractivity contribution in [2.45, 2.75) is 6.54 Å². The minimum absolute atomic E-state index is 0. The van der Waals surface area contributed by atoms with Crippen molar-refractivity contribution in [2.24, 2.45) is 4.99 Å². The molecule has 0 aliphatic carbocycles. The maximum absolute atomic E-state index is 13.1. The van der Waals surface area contributed by atoms with Crippen molar-refractivity contribution in [1.29, 1.82) is 0 Å². The number of hydrogen-bond donors (Lipinski definition) is 3. The fraction of sp³-hybridized carbons (Fsp3) is 0.0909. The van der Waals surface area contributed by atoms with E-state index in [0.717, 1.165) is 16.3 Å². The number of halogens is 2. The third-order valence-corrected chi connectivity index (χ3v) is 4.56. The van der Waals surface area contributed by atoms with Gasteiger partial charge in [-0.2, -0.15) is 4.99 Å². The molecular weight excluding hydrogens is 423 g/mol. The largest absolute Gasteiger partial charge is 1.00 e. The molecule has 9 heteroatoms. The van der Waals surface area contributed by atoms with E-state index in [2.05, 4.69) is 15.6 Å². The molecule has 31 heavy (non-hydrogen) atoms.